The first-order valence-electron chi connectivity index (χ1n) is 8.45. The zero-order chi connectivity index (χ0) is 17.9. The molecule has 0 aliphatic heterocycles. The van der Waals surface area contributed by atoms with Gasteiger partial charge in [-0.1, -0.05) is 0 Å². The Hall–Kier alpha value is -0.141. The maximum atomic E-state index is 2.50. The van der Waals surface area contributed by atoms with Gasteiger partial charge in [-0.3, -0.25) is 0 Å². The fourth-order valence-electron chi connectivity index (χ4n) is 3.04. The molecular weight excluding hydrogens is 487 g/mol. The van der Waals surface area contributed by atoms with E-state index in [1.807, 2.05) is 45.3 Å². The molecule has 0 nitrogen and oxygen atoms in total. The molecule has 0 radical (unpaired) electrons. The van der Waals surface area contributed by atoms with E-state index in [9.17, 15) is 0 Å². The molecule has 4 heterocycles. The Kier molecular flexibility index (Phi) is 4.73. The molecule has 0 saturated carbocycles. The molecule has 0 fully saturated rings. The van der Waals surface area contributed by atoms with Crippen molar-refractivity contribution in [1.82, 2.24) is 0 Å². The zero-order valence-electron chi connectivity index (χ0n) is 15.4. The van der Waals surface area contributed by atoms with Crippen LogP contribution in [0.25, 0.3) is 28.9 Å². The summed E-state index contributed by atoms with van der Waals surface area (Å²) in [5, 5.41) is 0. The Morgan fingerprint density at radius 3 is 1.60 bits per heavy atom. The van der Waals surface area contributed by atoms with Crippen LogP contribution >= 0.6 is 45.3 Å². The number of aryl methyl sites for hydroxylation is 3. The Labute approximate surface area is 170 Å². The van der Waals surface area contributed by atoms with Crippen LogP contribution in [0.5, 0.6) is 0 Å². The Bertz CT molecular complexity index is 1070. The van der Waals surface area contributed by atoms with Crippen molar-refractivity contribution in [1.29, 1.82) is 0 Å². The van der Waals surface area contributed by atoms with Crippen LogP contribution in [0.2, 0.25) is 14.8 Å². The maximum absolute atomic E-state index is 2.50. The topological polar surface area (TPSA) is 0 Å². The second-order valence-electron chi connectivity index (χ2n) is 7.59. The predicted molar refractivity (Wildman–Crippen MR) is 124 cm³/mol. The van der Waals surface area contributed by atoms with Crippen LogP contribution in [0.3, 0.4) is 0 Å². The fourth-order valence-corrected chi connectivity index (χ4v) is 13.3. The normalized spacial score (nSPS) is 12.4. The van der Waals surface area contributed by atoms with Gasteiger partial charge in [-0.15, -0.1) is 0 Å². The minimum atomic E-state index is -1.96. The van der Waals surface area contributed by atoms with Crippen molar-refractivity contribution in [3.8, 4) is 19.5 Å². The third kappa shape index (κ3) is 3.18. The van der Waals surface area contributed by atoms with Crippen LogP contribution in [-0.4, -0.2) is 18.4 Å². The average Bonchev–Trinajstić information content (AvgIpc) is 3.26. The average molecular weight is 509 g/mol. The van der Waals surface area contributed by atoms with Crippen molar-refractivity contribution in [3.05, 3.63) is 40.3 Å². The van der Waals surface area contributed by atoms with E-state index >= 15 is 0 Å². The van der Waals surface area contributed by atoms with Crippen LogP contribution in [0.15, 0.2) is 24.3 Å². The predicted octanol–water partition coefficient (Wildman–Crippen LogP) is 7.89. The van der Waals surface area contributed by atoms with E-state index in [1.54, 1.807) is 2.89 Å². The van der Waals surface area contributed by atoms with E-state index in [1.165, 1.54) is 44.9 Å². The second-order valence-corrected chi connectivity index (χ2v) is 27.4. The molecule has 0 spiro atoms. The van der Waals surface area contributed by atoms with E-state index < -0.39 is 18.4 Å². The van der Waals surface area contributed by atoms with Crippen LogP contribution in [0, 0.1) is 20.8 Å². The Morgan fingerprint density at radius 2 is 1.16 bits per heavy atom. The van der Waals surface area contributed by atoms with Crippen molar-refractivity contribution in [3.63, 3.8) is 0 Å². The molecule has 0 aromatic carbocycles. The molecule has 0 atom stereocenters. The van der Waals surface area contributed by atoms with Gasteiger partial charge in [0.15, 0.2) is 0 Å². The summed E-state index contributed by atoms with van der Waals surface area (Å²) in [6.45, 7) is 6.80. The molecule has 0 bridgehead atoms. The van der Waals surface area contributed by atoms with Gasteiger partial charge in [0.25, 0.3) is 0 Å². The third-order valence-corrected chi connectivity index (χ3v) is 19.4. The van der Waals surface area contributed by atoms with E-state index in [-0.39, 0.29) is 0 Å². The summed E-state index contributed by atoms with van der Waals surface area (Å²) in [4.78, 5) is 14.8. The van der Waals surface area contributed by atoms with E-state index in [4.69, 9.17) is 0 Å². The van der Waals surface area contributed by atoms with Crippen LogP contribution in [0.4, 0.5) is 0 Å². The molecule has 130 valence electrons. The molecule has 4 rings (SSSR count). The summed E-state index contributed by atoms with van der Waals surface area (Å²) >= 11 is 5.98. The summed E-state index contributed by atoms with van der Waals surface area (Å²) in [5.74, 6) is 0. The molecule has 0 aliphatic carbocycles. The van der Waals surface area contributed by atoms with Crippen LogP contribution in [-0.2, 0) is 0 Å². The zero-order valence-corrected chi connectivity index (χ0v) is 21.6. The fraction of sp³-hybridized carbons (Fsp3) is 0.300. The molecule has 0 aliphatic rings. The van der Waals surface area contributed by atoms with Gasteiger partial charge in [0, 0.05) is 0 Å². The minimum absolute atomic E-state index is 1.39. The second kappa shape index (κ2) is 6.48. The quantitative estimate of drug-likeness (QED) is 0.247. The number of thiophene rings is 4. The van der Waals surface area contributed by atoms with Gasteiger partial charge < -0.3 is 0 Å². The monoisotopic (exact) mass is 510 g/mol. The number of rotatable bonds is 3. The molecule has 4 aromatic rings. The van der Waals surface area contributed by atoms with Gasteiger partial charge in [0.2, 0.25) is 0 Å². The van der Waals surface area contributed by atoms with Crippen molar-refractivity contribution in [2.45, 2.75) is 35.6 Å². The van der Waals surface area contributed by atoms with E-state index in [0.29, 0.717) is 0 Å². The standard InChI is InChI=1S/C17H13S4.3CH3.Sn/c1-9-6-7-13(19-9)15-11(3)17-16(21-15)10(2)14(20-17)12-5-4-8-18-12;;;;/h4-7H,1-3H3;3*1H3;. The van der Waals surface area contributed by atoms with E-state index in [2.05, 4.69) is 59.9 Å². The van der Waals surface area contributed by atoms with Gasteiger partial charge in [0.05, 0.1) is 0 Å². The summed E-state index contributed by atoms with van der Waals surface area (Å²) in [7, 11) is 0. The van der Waals surface area contributed by atoms with Gasteiger partial charge in [0.1, 0.15) is 0 Å². The van der Waals surface area contributed by atoms with Crippen molar-refractivity contribution < 1.29 is 0 Å². The summed E-state index contributed by atoms with van der Waals surface area (Å²) in [6.07, 6.45) is 0. The molecule has 4 aromatic heterocycles. The van der Waals surface area contributed by atoms with Gasteiger partial charge in [-0.05, 0) is 0 Å². The molecule has 0 N–H and O–H groups in total. The SMILES string of the molecule is Cc1ccc(-c2sc3c(C)c(-c4cc[c]([Sn]([CH3])([CH3])[CH3])s4)sc3c2C)s1. The number of hydrogen-bond donors (Lipinski definition) is 0. The van der Waals surface area contributed by atoms with Crippen LogP contribution in [0.1, 0.15) is 16.0 Å². The number of hydrogen-bond acceptors (Lipinski definition) is 4. The van der Waals surface area contributed by atoms with Crippen molar-refractivity contribution >= 4 is 76.0 Å². The number of fused-ring (bicyclic) bond motifs is 1. The molecule has 0 amide bonds. The molecule has 5 heteroatoms. The summed E-state index contributed by atoms with van der Waals surface area (Å²) in [5.41, 5.74) is 2.94. The molecule has 0 unspecified atom stereocenters. The summed E-state index contributed by atoms with van der Waals surface area (Å²) in [6, 6.07) is 9.27. The Morgan fingerprint density at radius 1 is 0.640 bits per heavy atom. The van der Waals surface area contributed by atoms with Gasteiger partial charge in [-0.2, -0.15) is 0 Å². The Balaban J connectivity index is 1.83. The molecule has 25 heavy (non-hydrogen) atoms. The van der Waals surface area contributed by atoms with Crippen molar-refractivity contribution in [2.24, 2.45) is 0 Å². The molecule has 0 saturated heterocycles. The first kappa shape index (κ1) is 18.2. The van der Waals surface area contributed by atoms with E-state index in [0.717, 1.165) is 0 Å². The van der Waals surface area contributed by atoms with Gasteiger partial charge >= 0.3 is 171 Å². The first-order chi connectivity index (χ1) is 11.8. The summed E-state index contributed by atoms with van der Waals surface area (Å²) < 4.78 is 4.66. The third-order valence-electron chi connectivity index (χ3n) is 4.51. The van der Waals surface area contributed by atoms with Gasteiger partial charge in [-0.25, -0.2) is 0 Å². The molecular formula is C20H22S4Sn. The van der Waals surface area contributed by atoms with Crippen molar-refractivity contribution in [2.75, 3.05) is 0 Å². The van der Waals surface area contributed by atoms with Crippen LogP contribution < -0.4 is 2.89 Å². The first-order valence-corrected chi connectivity index (χ1v) is 21.7.